The molecule has 462 valence electrons. The van der Waals surface area contributed by atoms with E-state index < -0.39 is 6.10 Å². The molecule has 6 nitrogen and oxygen atoms in total. The summed E-state index contributed by atoms with van der Waals surface area (Å²) in [4.78, 5) is 38.3. The minimum atomic E-state index is -0.810. The highest BCUT2D eigenvalue weighted by atomic mass is 16.6. The SMILES string of the molecule is CC/C=C\C/C=C\C/C=C\C/C=C\C/C=C\C/C=C\C/C=C\C/C=C\C/C=C\CCCCCCCCCC(=O)OCC(COC(=O)CCCCCCCCCCCCCCCC)OC(=O)CCCC/C=C\C/C=C\C/C=C\C/C=C\CC. The third kappa shape index (κ3) is 65.8. The highest BCUT2D eigenvalue weighted by Crippen LogP contribution is 2.15. The van der Waals surface area contributed by atoms with Gasteiger partial charge in [0.25, 0.3) is 0 Å². The van der Waals surface area contributed by atoms with Crippen LogP contribution in [0.25, 0.3) is 0 Å². The van der Waals surface area contributed by atoms with Gasteiger partial charge < -0.3 is 14.2 Å². The molecule has 0 fully saturated rings. The largest absolute Gasteiger partial charge is 0.462 e. The number of unbranched alkanes of at least 4 members (excludes halogenated alkanes) is 22. The molecule has 0 bridgehead atoms. The van der Waals surface area contributed by atoms with Crippen molar-refractivity contribution in [2.75, 3.05) is 13.2 Å². The molecule has 0 amide bonds. The van der Waals surface area contributed by atoms with Crippen molar-refractivity contribution in [2.24, 2.45) is 0 Å². The van der Waals surface area contributed by atoms with Crippen molar-refractivity contribution in [3.05, 3.63) is 158 Å². The number of allylic oxidation sites excluding steroid dienone is 26. The molecule has 0 heterocycles. The van der Waals surface area contributed by atoms with E-state index in [2.05, 4.69) is 179 Å². The predicted octanol–water partition coefficient (Wildman–Crippen LogP) is 23.3. The predicted molar refractivity (Wildman–Crippen MR) is 357 cm³/mol. The number of ether oxygens (including phenoxy) is 3. The van der Waals surface area contributed by atoms with Crippen LogP contribution < -0.4 is 0 Å². The van der Waals surface area contributed by atoms with Crippen LogP contribution in [0.5, 0.6) is 0 Å². The molecule has 0 aromatic carbocycles. The Labute approximate surface area is 505 Å². The Morgan fingerprint density at radius 2 is 0.476 bits per heavy atom. The van der Waals surface area contributed by atoms with E-state index >= 15 is 0 Å². The number of esters is 3. The van der Waals surface area contributed by atoms with Gasteiger partial charge in [-0.1, -0.05) is 294 Å². The molecule has 82 heavy (non-hydrogen) atoms. The Balaban J connectivity index is 4.31. The molecule has 0 aliphatic carbocycles. The highest BCUT2D eigenvalue weighted by molar-refractivity contribution is 5.71. The number of hydrogen-bond acceptors (Lipinski definition) is 6. The summed E-state index contributed by atoms with van der Waals surface area (Å²) in [5, 5.41) is 0. The van der Waals surface area contributed by atoms with Crippen molar-refractivity contribution in [2.45, 2.75) is 290 Å². The van der Waals surface area contributed by atoms with Crippen LogP contribution in [0.15, 0.2) is 158 Å². The molecule has 0 aliphatic heterocycles. The zero-order valence-corrected chi connectivity index (χ0v) is 52.9. The van der Waals surface area contributed by atoms with Gasteiger partial charge in [0.1, 0.15) is 13.2 Å². The second-order valence-electron chi connectivity index (χ2n) is 21.6. The van der Waals surface area contributed by atoms with E-state index in [4.69, 9.17) is 14.2 Å². The van der Waals surface area contributed by atoms with Crippen molar-refractivity contribution in [1.29, 1.82) is 0 Å². The van der Waals surface area contributed by atoms with E-state index in [1.54, 1.807) is 0 Å². The van der Waals surface area contributed by atoms with Crippen LogP contribution in [0.3, 0.4) is 0 Å². The van der Waals surface area contributed by atoms with E-state index in [9.17, 15) is 14.4 Å². The lowest BCUT2D eigenvalue weighted by molar-refractivity contribution is -0.167. The van der Waals surface area contributed by atoms with E-state index in [-0.39, 0.29) is 37.5 Å². The summed E-state index contributed by atoms with van der Waals surface area (Å²) in [6.07, 6.45) is 99.8. The molecule has 6 heteroatoms. The zero-order valence-electron chi connectivity index (χ0n) is 52.9. The average Bonchev–Trinajstić information content (AvgIpc) is 3.48. The molecule has 1 unspecified atom stereocenters. The number of rotatable bonds is 59. The summed E-state index contributed by atoms with van der Waals surface area (Å²) in [5.41, 5.74) is 0. The summed E-state index contributed by atoms with van der Waals surface area (Å²) in [5.74, 6) is -0.954. The summed E-state index contributed by atoms with van der Waals surface area (Å²) >= 11 is 0. The second kappa shape index (κ2) is 68.5. The lowest BCUT2D eigenvalue weighted by Crippen LogP contribution is -2.30. The van der Waals surface area contributed by atoms with E-state index in [0.717, 1.165) is 141 Å². The average molecular weight is 1130 g/mol. The number of hydrogen-bond donors (Lipinski definition) is 0. The fourth-order valence-corrected chi connectivity index (χ4v) is 8.84. The van der Waals surface area contributed by atoms with Gasteiger partial charge in [-0.2, -0.15) is 0 Å². The topological polar surface area (TPSA) is 78.9 Å². The van der Waals surface area contributed by atoms with Gasteiger partial charge in [0.2, 0.25) is 0 Å². The molecule has 0 spiro atoms. The first-order valence-corrected chi connectivity index (χ1v) is 33.5. The van der Waals surface area contributed by atoms with Gasteiger partial charge in [0.05, 0.1) is 0 Å². The normalized spacial score (nSPS) is 13.2. The van der Waals surface area contributed by atoms with Gasteiger partial charge in [0, 0.05) is 19.3 Å². The minimum absolute atomic E-state index is 0.101. The van der Waals surface area contributed by atoms with Crippen molar-refractivity contribution in [3.8, 4) is 0 Å². The zero-order chi connectivity index (χ0) is 59.2. The van der Waals surface area contributed by atoms with E-state index in [0.29, 0.717) is 19.3 Å². The Kier molecular flexibility index (Phi) is 64.4. The van der Waals surface area contributed by atoms with Crippen molar-refractivity contribution in [1.82, 2.24) is 0 Å². The summed E-state index contributed by atoms with van der Waals surface area (Å²) in [6.45, 7) is 6.37. The molecule has 0 aromatic rings. The second-order valence-corrected chi connectivity index (χ2v) is 21.6. The van der Waals surface area contributed by atoms with E-state index in [1.165, 1.54) is 96.3 Å². The van der Waals surface area contributed by atoms with Crippen LogP contribution in [0, 0.1) is 0 Å². The maximum Gasteiger partial charge on any atom is 0.306 e. The third-order valence-corrected chi connectivity index (χ3v) is 13.8. The highest BCUT2D eigenvalue weighted by Gasteiger charge is 2.19. The molecule has 0 saturated heterocycles. The van der Waals surface area contributed by atoms with Crippen molar-refractivity contribution in [3.63, 3.8) is 0 Å². The van der Waals surface area contributed by atoms with Crippen LogP contribution in [0.2, 0.25) is 0 Å². The van der Waals surface area contributed by atoms with Gasteiger partial charge in [-0.25, -0.2) is 0 Å². The monoisotopic (exact) mass is 1130 g/mol. The van der Waals surface area contributed by atoms with Gasteiger partial charge in [-0.05, 0) is 128 Å². The van der Waals surface area contributed by atoms with E-state index in [1.807, 2.05) is 0 Å². The first-order chi connectivity index (χ1) is 40.5. The molecule has 0 N–H and O–H groups in total. The fourth-order valence-electron chi connectivity index (χ4n) is 8.84. The van der Waals surface area contributed by atoms with Gasteiger partial charge in [-0.3, -0.25) is 14.4 Å². The summed E-state index contributed by atoms with van der Waals surface area (Å²) in [7, 11) is 0. The van der Waals surface area contributed by atoms with Gasteiger partial charge in [0.15, 0.2) is 6.10 Å². The quantitative estimate of drug-likeness (QED) is 0.0261. The van der Waals surface area contributed by atoms with Crippen LogP contribution in [0.4, 0.5) is 0 Å². The Morgan fingerprint density at radius 3 is 0.768 bits per heavy atom. The molecule has 0 saturated carbocycles. The molecule has 0 radical (unpaired) electrons. The van der Waals surface area contributed by atoms with Crippen LogP contribution in [-0.2, 0) is 28.6 Å². The molecule has 1 atom stereocenters. The van der Waals surface area contributed by atoms with Crippen LogP contribution in [0.1, 0.15) is 284 Å². The van der Waals surface area contributed by atoms with Crippen LogP contribution >= 0.6 is 0 Å². The van der Waals surface area contributed by atoms with Crippen molar-refractivity contribution >= 4 is 17.9 Å². The lowest BCUT2D eigenvalue weighted by Gasteiger charge is -2.18. The molecular weight excluding hydrogens is 1010 g/mol. The number of carbonyl (C=O) groups excluding carboxylic acids is 3. The lowest BCUT2D eigenvalue weighted by atomic mass is 10.0. The number of carbonyl (C=O) groups is 3. The first-order valence-electron chi connectivity index (χ1n) is 33.5. The minimum Gasteiger partial charge on any atom is -0.462 e. The Morgan fingerprint density at radius 1 is 0.256 bits per heavy atom. The molecular formula is C76H122O6. The maximum absolute atomic E-state index is 12.9. The molecule has 0 aliphatic rings. The van der Waals surface area contributed by atoms with Gasteiger partial charge >= 0.3 is 17.9 Å². The standard InChI is InChI=1S/C76H122O6/c1-4-7-10-13-16-19-22-25-28-29-30-31-32-33-34-35-36-37-38-39-40-41-42-43-44-45-46-47-49-51-54-57-60-63-66-69-75(78)81-72-73(71-80-74(77)68-65-62-59-56-53-50-27-24-21-18-15-12-9-6-3)82-76(79)70-67-64-61-58-55-52-48-26-23-20-17-14-11-8-5-2/h7-8,10-11,16-17,19-20,25-26,28,30-31,33-34,36-37,39-40,42-43,45-46,48,55,58,73H,4-6,9,12-15,18,21-24,27,29,32,35,38,41,44,47,49-54,56-57,59-72H2,1-3H3/b10-7-,11-8-,19-16-,20-17-,28-25-,31-30-,34-33-,37-36-,40-39-,43-42-,46-45-,48-26-,58-55-. The molecule has 0 rings (SSSR count). The van der Waals surface area contributed by atoms with Crippen molar-refractivity contribution < 1.29 is 28.6 Å². The van der Waals surface area contributed by atoms with Crippen LogP contribution in [-0.4, -0.2) is 37.2 Å². The summed E-state index contributed by atoms with van der Waals surface area (Å²) in [6, 6.07) is 0. The first kappa shape index (κ1) is 77.0. The summed E-state index contributed by atoms with van der Waals surface area (Å²) < 4.78 is 16.9. The Bertz CT molecular complexity index is 1830. The Hall–Kier alpha value is -4.97. The smallest absolute Gasteiger partial charge is 0.306 e. The third-order valence-electron chi connectivity index (χ3n) is 13.8. The van der Waals surface area contributed by atoms with Gasteiger partial charge in [-0.15, -0.1) is 0 Å². The maximum atomic E-state index is 12.9. The fraction of sp³-hybridized carbons (Fsp3) is 0.618. The molecule has 0 aromatic heterocycles.